The summed E-state index contributed by atoms with van der Waals surface area (Å²) in [5.41, 5.74) is 7.66. The number of piperidine rings is 1. The van der Waals surface area contributed by atoms with Gasteiger partial charge in [-0.1, -0.05) is 5.16 Å². The molecule has 0 radical (unpaired) electrons. The Morgan fingerprint density at radius 1 is 1.47 bits per heavy atom. The van der Waals surface area contributed by atoms with Crippen molar-refractivity contribution in [2.45, 2.75) is 46.1 Å². The van der Waals surface area contributed by atoms with Gasteiger partial charge in [-0.3, -0.25) is 4.79 Å². The molecule has 106 valence electrons. The Morgan fingerprint density at radius 3 is 2.58 bits per heavy atom. The number of likely N-dealkylation sites (tertiary alicyclic amines) is 1. The van der Waals surface area contributed by atoms with E-state index in [1.807, 2.05) is 25.7 Å². The van der Waals surface area contributed by atoms with Gasteiger partial charge >= 0.3 is 0 Å². The van der Waals surface area contributed by atoms with Crippen molar-refractivity contribution in [1.82, 2.24) is 10.1 Å². The molecular weight excluding hydrogens is 242 g/mol. The Bertz CT molecular complexity index is 426. The van der Waals surface area contributed by atoms with E-state index >= 15 is 0 Å². The minimum atomic E-state index is 0.164. The average molecular weight is 265 g/mol. The molecular formula is C14H23N3O2. The van der Waals surface area contributed by atoms with Crippen LogP contribution >= 0.6 is 0 Å². The smallest absolute Gasteiger partial charge is 0.227 e. The van der Waals surface area contributed by atoms with Crippen molar-refractivity contribution in [2.24, 2.45) is 11.7 Å². The fourth-order valence-corrected chi connectivity index (χ4v) is 2.69. The number of carbonyl (C=O) groups excluding carboxylic acids is 1. The summed E-state index contributed by atoms with van der Waals surface area (Å²) in [7, 11) is 0. The first-order chi connectivity index (χ1) is 8.99. The predicted octanol–water partition coefficient (Wildman–Crippen LogP) is 1.42. The summed E-state index contributed by atoms with van der Waals surface area (Å²) in [6.45, 7) is 7.40. The molecule has 5 nitrogen and oxygen atoms in total. The van der Waals surface area contributed by atoms with Gasteiger partial charge in [0.05, 0.1) is 12.1 Å². The Kier molecular flexibility index (Phi) is 4.24. The second kappa shape index (κ2) is 5.74. The largest absolute Gasteiger partial charge is 0.361 e. The highest BCUT2D eigenvalue weighted by atomic mass is 16.5. The van der Waals surface area contributed by atoms with Crippen molar-refractivity contribution in [3.8, 4) is 0 Å². The van der Waals surface area contributed by atoms with E-state index in [0.29, 0.717) is 12.3 Å². The summed E-state index contributed by atoms with van der Waals surface area (Å²) in [6.07, 6.45) is 2.40. The maximum absolute atomic E-state index is 12.3. The molecule has 1 aliphatic heterocycles. The van der Waals surface area contributed by atoms with Crippen LogP contribution < -0.4 is 5.73 Å². The minimum Gasteiger partial charge on any atom is -0.361 e. The number of nitrogens with zero attached hydrogens (tertiary/aromatic N) is 2. The number of nitrogens with two attached hydrogens (primary N) is 1. The second-order valence-electron chi connectivity index (χ2n) is 5.56. The summed E-state index contributed by atoms with van der Waals surface area (Å²) in [6, 6.07) is 0.222. The lowest BCUT2D eigenvalue weighted by Gasteiger charge is -2.33. The topological polar surface area (TPSA) is 72.4 Å². The first-order valence-electron chi connectivity index (χ1n) is 6.94. The van der Waals surface area contributed by atoms with E-state index in [0.717, 1.165) is 42.9 Å². The van der Waals surface area contributed by atoms with Crippen LogP contribution in [-0.2, 0) is 11.2 Å². The molecule has 1 amide bonds. The highest BCUT2D eigenvalue weighted by Crippen LogP contribution is 2.21. The second-order valence-corrected chi connectivity index (χ2v) is 5.56. The zero-order chi connectivity index (χ0) is 14.0. The zero-order valence-electron chi connectivity index (χ0n) is 12.0. The van der Waals surface area contributed by atoms with Gasteiger partial charge < -0.3 is 15.2 Å². The number of hydrogen-bond donors (Lipinski definition) is 1. The molecule has 1 fully saturated rings. The molecule has 0 bridgehead atoms. The Hall–Kier alpha value is -1.36. The fourth-order valence-electron chi connectivity index (χ4n) is 2.69. The number of rotatable bonds is 3. The lowest BCUT2D eigenvalue weighted by Crippen LogP contribution is -2.43. The van der Waals surface area contributed by atoms with Crippen LogP contribution in [0, 0.1) is 19.8 Å². The highest BCUT2D eigenvalue weighted by Gasteiger charge is 2.25. The Balaban J connectivity index is 1.92. The zero-order valence-corrected chi connectivity index (χ0v) is 12.0. The quantitative estimate of drug-likeness (QED) is 0.897. The van der Waals surface area contributed by atoms with Crippen molar-refractivity contribution in [3.05, 3.63) is 17.0 Å². The molecule has 1 unspecified atom stereocenters. The van der Waals surface area contributed by atoms with Gasteiger partial charge in [-0.2, -0.15) is 0 Å². The molecule has 1 atom stereocenters. The predicted molar refractivity (Wildman–Crippen MR) is 72.6 cm³/mol. The molecule has 2 heterocycles. The highest BCUT2D eigenvalue weighted by molar-refractivity contribution is 5.79. The van der Waals surface area contributed by atoms with Crippen molar-refractivity contribution in [2.75, 3.05) is 13.1 Å². The molecule has 1 aromatic rings. The van der Waals surface area contributed by atoms with Crippen molar-refractivity contribution >= 4 is 5.91 Å². The Morgan fingerprint density at radius 2 is 2.11 bits per heavy atom. The SMILES string of the molecule is Cc1noc(C)c1CC(=O)N1CCC(C(C)N)CC1. The summed E-state index contributed by atoms with van der Waals surface area (Å²) in [5, 5.41) is 3.89. The van der Waals surface area contributed by atoms with Crippen molar-refractivity contribution < 1.29 is 9.32 Å². The van der Waals surface area contributed by atoms with Gasteiger partial charge in [0, 0.05) is 24.7 Å². The third kappa shape index (κ3) is 3.15. The molecule has 1 aromatic heterocycles. The fraction of sp³-hybridized carbons (Fsp3) is 0.714. The first kappa shape index (κ1) is 14.1. The lowest BCUT2D eigenvalue weighted by atomic mass is 9.90. The van der Waals surface area contributed by atoms with E-state index in [4.69, 9.17) is 10.3 Å². The number of amides is 1. The van der Waals surface area contributed by atoms with Crippen LogP contribution in [0.3, 0.4) is 0 Å². The normalized spacial score (nSPS) is 18.6. The van der Waals surface area contributed by atoms with Crippen LogP contribution in [0.1, 0.15) is 36.8 Å². The van der Waals surface area contributed by atoms with E-state index in [-0.39, 0.29) is 11.9 Å². The van der Waals surface area contributed by atoms with Gasteiger partial charge in [0.2, 0.25) is 5.91 Å². The Labute approximate surface area is 114 Å². The van der Waals surface area contributed by atoms with Gasteiger partial charge in [0.1, 0.15) is 5.76 Å². The van der Waals surface area contributed by atoms with Gasteiger partial charge in [-0.25, -0.2) is 0 Å². The minimum absolute atomic E-state index is 0.164. The van der Waals surface area contributed by atoms with Gasteiger partial charge in [-0.05, 0) is 39.5 Å². The van der Waals surface area contributed by atoms with E-state index in [9.17, 15) is 4.79 Å². The molecule has 0 saturated carbocycles. The maximum Gasteiger partial charge on any atom is 0.227 e. The first-order valence-corrected chi connectivity index (χ1v) is 6.94. The monoisotopic (exact) mass is 265 g/mol. The average Bonchev–Trinajstić information content (AvgIpc) is 2.70. The van der Waals surface area contributed by atoms with Crippen LogP contribution in [0.25, 0.3) is 0 Å². The standard InChI is InChI=1S/C14H23N3O2/c1-9(15)12-4-6-17(7-5-12)14(18)8-13-10(2)16-19-11(13)3/h9,12H,4-8,15H2,1-3H3. The molecule has 1 aliphatic rings. The number of hydrogen-bond acceptors (Lipinski definition) is 4. The summed E-state index contributed by atoms with van der Waals surface area (Å²) < 4.78 is 5.09. The molecule has 5 heteroatoms. The molecule has 19 heavy (non-hydrogen) atoms. The molecule has 0 aliphatic carbocycles. The van der Waals surface area contributed by atoms with E-state index in [1.54, 1.807) is 0 Å². The molecule has 2 rings (SSSR count). The van der Waals surface area contributed by atoms with Crippen molar-refractivity contribution in [3.63, 3.8) is 0 Å². The summed E-state index contributed by atoms with van der Waals surface area (Å²) in [5.74, 6) is 1.46. The summed E-state index contributed by atoms with van der Waals surface area (Å²) >= 11 is 0. The maximum atomic E-state index is 12.3. The lowest BCUT2D eigenvalue weighted by molar-refractivity contribution is -0.132. The van der Waals surface area contributed by atoms with Gasteiger partial charge in [0.15, 0.2) is 0 Å². The molecule has 0 aromatic carbocycles. The third-order valence-electron chi connectivity index (χ3n) is 4.15. The summed E-state index contributed by atoms with van der Waals surface area (Å²) in [4.78, 5) is 14.2. The van der Waals surface area contributed by atoms with Crippen LogP contribution in [0.15, 0.2) is 4.52 Å². The number of aromatic nitrogens is 1. The van der Waals surface area contributed by atoms with Crippen molar-refractivity contribution in [1.29, 1.82) is 0 Å². The van der Waals surface area contributed by atoms with E-state index in [1.165, 1.54) is 0 Å². The van der Waals surface area contributed by atoms with Gasteiger partial charge in [0.25, 0.3) is 0 Å². The van der Waals surface area contributed by atoms with Crippen LogP contribution in [-0.4, -0.2) is 35.1 Å². The molecule has 2 N–H and O–H groups in total. The molecule has 0 spiro atoms. The third-order valence-corrected chi connectivity index (χ3v) is 4.15. The van der Waals surface area contributed by atoms with E-state index in [2.05, 4.69) is 5.16 Å². The van der Waals surface area contributed by atoms with Crippen LogP contribution in [0.4, 0.5) is 0 Å². The van der Waals surface area contributed by atoms with Crippen LogP contribution in [0.2, 0.25) is 0 Å². The van der Waals surface area contributed by atoms with Gasteiger partial charge in [-0.15, -0.1) is 0 Å². The number of aryl methyl sites for hydroxylation is 2. The van der Waals surface area contributed by atoms with E-state index < -0.39 is 0 Å². The number of carbonyl (C=O) groups is 1. The molecule has 1 saturated heterocycles. The van der Waals surface area contributed by atoms with Crippen LogP contribution in [0.5, 0.6) is 0 Å².